The molecule has 6 heteroatoms. The molecule has 1 atom stereocenters. The second kappa shape index (κ2) is 9.79. The lowest BCUT2D eigenvalue weighted by molar-refractivity contribution is 0.0768. The minimum absolute atomic E-state index is 0.121. The average Bonchev–Trinajstić information content (AvgIpc) is 3.06. The number of benzene rings is 3. The molecule has 2 aliphatic heterocycles. The zero-order chi connectivity index (χ0) is 23.4. The van der Waals surface area contributed by atoms with Crippen LogP contribution in [-0.4, -0.2) is 48.9 Å². The van der Waals surface area contributed by atoms with Crippen molar-refractivity contribution >= 4 is 17.5 Å². The first-order chi connectivity index (χ1) is 16.6. The van der Waals surface area contributed by atoms with Gasteiger partial charge in [0.05, 0.1) is 23.9 Å². The van der Waals surface area contributed by atoms with E-state index in [1.807, 2.05) is 84.9 Å². The Balaban J connectivity index is 1.30. The molecule has 0 bridgehead atoms. The van der Waals surface area contributed by atoms with E-state index < -0.39 is 4.65 Å². The van der Waals surface area contributed by atoms with Gasteiger partial charge in [0.15, 0.2) is 0 Å². The molecule has 0 saturated carbocycles. The normalized spacial score (nSPS) is 20.7. The summed E-state index contributed by atoms with van der Waals surface area (Å²) in [5.74, 6) is 0. The van der Waals surface area contributed by atoms with E-state index in [0.29, 0.717) is 39.0 Å². The molecule has 1 unspecified atom stereocenters. The van der Waals surface area contributed by atoms with Gasteiger partial charge in [-0.05, 0) is 11.6 Å². The average molecular weight is 456 g/mol. The number of hydrogen-bond donors (Lipinski definition) is 0. The molecule has 0 aliphatic carbocycles. The van der Waals surface area contributed by atoms with Gasteiger partial charge in [0.1, 0.15) is 18.8 Å². The number of para-hydroxylation sites is 1. The van der Waals surface area contributed by atoms with Crippen molar-refractivity contribution in [3.63, 3.8) is 0 Å². The molecule has 1 amide bonds. The summed E-state index contributed by atoms with van der Waals surface area (Å²) in [4.78, 5) is 19.2. The highest BCUT2D eigenvalue weighted by molar-refractivity contribution is 6.16. The lowest BCUT2D eigenvalue weighted by Crippen LogP contribution is -2.57. The molecule has 174 valence electrons. The van der Waals surface area contributed by atoms with E-state index >= 15 is 0 Å². The minimum atomic E-state index is -0.400. The van der Waals surface area contributed by atoms with Gasteiger partial charge in [-0.25, -0.2) is 4.79 Å². The summed E-state index contributed by atoms with van der Waals surface area (Å²) in [6.45, 7) is 2.18. The Kier molecular flexibility index (Phi) is 6.43. The summed E-state index contributed by atoms with van der Waals surface area (Å²) in [5.41, 5.74) is 4.55. The van der Waals surface area contributed by atoms with E-state index in [0.717, 1.165) is 28.1 Å². The molecule has 0 spiro atoms. The molecule has 0 N–H and O–H groups in total. The van der Waals surface area contributed by atoms with Crippen molar-refractivity contribution in [2.75, 3.05) is 26.2 Å². The molecule has 5 rings (SSSR count). The second-order valence-electron chi connectivity index (χ2n) is 8.89. The fourth-order valence-electron chi connectivity index (χ4n) is 5.02. The number of ether oxygens (including phenoxy) is 1. The Morgan fingerprint density at radius 2 is 1.59 bits per heavy atom. The van der Waals surface area contributed by atoms with Crippen molar-refractivity contribution in [1.82, 2.24) is 9.55 Å². The number of benzodiazepines with no additional fused rings is 1. The van der Waals surface area contributed by atoms with Crippen molar-refractivity contribution < 1.29 is 9.53 Å². The third kappa shape index (κ3) is 4.47. The van der Waals surface area contributed by atoms with Gasteiger partial charge >= 0.3 is 6.09 Å². The Morgan fingerprint density at radius 3 is 2.32 bits per heavy atom. The molecule has 3 aromatic rings. The topological polar surface area (TPSA) is 65.0 Å². The number of carbonyl (C=O) groups excluding carboxylic acids is 1. The smallest absolute Gasteiger partial charge is 0.410 e. The number of aliphatic imine (C=N–C) groups is 1. The van der Waals surface area contributed by atoms with Gasteiger partial charge in [0, 0.05) is 37.6 Å². The number of piperidine rings is 1. The van der Waals surface area contributed by atoms with Gasteiger partial charge in [-0.1, -0.05) is 72.8 Å². The largest absolute Gasteiger partial charge is 0.627 e. The molecule has 0 aromatic heterocycles. The van der Waals surface area contributed by atoms with Crippen molar-refractivity contribution in [2.45, 2.75) is 25.5 Å². The van der Waals surface area contributed by atoms with Crippen LogP contribution in [0, 0.1) is 5.21 Å². The Morgan fingerprint density at radius 1 is 0.941 bits per heavy atom. The monoisotopic (exact) mass is 455 g/mol. The summed E-state index contributed by atoms with van der Waals surface area (Å²) in [6, 6.07) is 27.5. The number of carbonyl (C=O) groups is 1. The van der Waals surface area contributed by atoms with Crippen molar-refractivity contribution in [3.8, 4) is 0 Å². The van der Waals surface area contributed by atoms with E-state index in [4.69, 9.17) is 9.73 Å². The third-order valence-electron chi connectivity index (χ3n) is 6.83. The van der Waals surface area contributed by atoms with Crippen LogP contribution in [0.2, 0.25) is 0 Å². The number of quaternary nitrogens is 1. The van der Waals surface area contributed by atoms with Crippen LogP contribution < -0.4 is 4.65 Å². The number of nitrogens with zero attached hydrogens (tertiary/aromatic N) is 3. The van der Waals surface area contributed by atoms with Gasteiger partial charge in [0.2, 0.25) is 0 Å². The van der Waals surface area contributed by atoms with Crippen LogP contribution in [0.1, 0.15) is 29.5 Å². The Bertz CT molecular complexity index is 1160. The van der Waals surface area contributed by atoms with Crippen LogP contribution in [0.3, 0.4) is 0 Å². The van der Waals surface area contributed by atoms with E-state index in [-0.39, 0.29) is 18.7 Å². The lowest BCUT2D eigenvalue weighted by atomic mass is 9.97. The van der Waals surface area contributed by atoms with Crippen LogP contribution in [-0.2, 0) is 11.3 Å². The van der Waals surface area contributed by atoms with Gasteiger partial charge in [-0.3, -0.25) is 4.99 Å². The summed E-state index contributed by atoms with van der Waals surface area (Å²) >= 11 is 0. The number of amides is 1. The predicted octanol–water partition coefficient (Wildman–Crippen LogP) is 5.14. The minimum Gasteiger partial charge on any atom is -0.627 e. The summed E-state index contributed by atoms with van der Waals surface area (Å²) in [7, 11) is 0. The van der Waals surface area contributed by atoms with Gasteiger partial charge in [0.25, 0.3) is 0 Å². The van der Waals surface area contributed by atoms with Crippen LogP contribution in [0.5, 0.6) is 0 Å². The van der Waals surface area contributed by atoms with E-state index in [1.165, 1.54) is 0 Å². The van der Waals surface area contributed by atoms with Crippen LogP contribution in [0.15, 0.2) is 89.9 Å². The Labute approximate surface area is 200 Å². The molecule has 1 fully saturated rings. The number of hydroxylamine groups is 2. The zero-order valence-electron chi connectivity index (χ0n) is 19.2. The first kappa shape index (κ1) is 22.3. The number of rotatable bonds is 4. The maximum absolute atomic E-state index is 14.4. The maximum atomic E-state index is 14.4. The molecule has 1 saturated heterocycles. The molecule has 2 aliphatic rings. The SMILES string of the molecule is O=C(OCc1ccccc1)N1CCC([N+]2([O-])CCN=C(c3ccccc3)c3ccccc32)CC1. The summed E-state index contributed by atoms with van der Waals surface area (Å²) < 4.78 is 5.10. The first-order valence-corrected chi connectivity index (χ1v) is 11.9. The molecular formula is C28H29N3O3. The molecule has 3 aromatic carbocycles. The predicted molar refractivity (Wildman–Crippen MR) is 135 cm³/mol. The highest BCUT2D eigenvalue weighted by Gasteiger charge is 2.38. The molecule has 2 heterocycles. The number of fused-ring (bicyclic) bond motifs is 1. The molecule has 6 nitrogen and oxygen atoms in total. The van der Waals surface area contributed by atoms with Crippen molar-refractivity contribution in [3.05, 3.63) is 107 Å². The van der Waals surface area contributed by atoms with E-state index in [9.17, 15) is 10.0 Å². The lowest BCUT2D eigenvalue weighted by Gasteiger charge is -2.50. The standard InChI is InChI=1S/C28H29N3O3/c32-28(34-21-22-9-3-1-4-10-22)30-18-15-24(16-19-30)31(33)20-17-29-27(23-11-5-2-6-12-23)25-13-7-8-14-26(25)31/h1-14,24H,15-21H2. The van der Waals surface area contributed by atoms with Crippen molar-refractivity contribution in [1.29, 1.82) is 0 Å². The maximum Gasteiger partial charge on any atom is 0.410 e. The first-order valence-electron chi connectivity index (χ1n) is 11.9. The Hall–Kier alpha value is -3.48. The quantitative estimate of drug-likeness (QED) is 0.404. The fraction of sp³-hybridized carbons (Fsp3) is 0.286. The zero-order valence-corrected chi connectivity index (χ0v) is 19.2. The number of hydrogen-bond acceptors (Lipinski definition) is 4. The molecular weight excluding hydrogens is 426 g/mol. The number of likely N-dealkylation sites (tertiary alicyclic amines) is 1. The van der Waals surface area contributed by atoms with E-state index in [2.05, 4.69) is 0 Å². The van der Waals surface area contributed by atoms with Gasteiger partial charge in [-0.2, -0.15) is 0 Å². The highest BCUT2D eigenvalue weighted by atomic mass is 16.6. The second-order valence-corrected chi connectivity index (χ2v) is 8.89. The van der Waals surface area contributed by atoms with Crippen LogP contribution in [0.4, 0.5) is 10.5 Å². The summed E-state index contributed by atoms with van der Waals surface area (Å²) in [5, 5.41) is 14.4. The van der Waals surface area contributed by atoms with Crippen LogP contribution >= 0.6 is 0 Å². The van der Waals surface area contributed by atoms with Gasteiger partial charge in [-0.15, -0.1) is 0 Å². The van der Waals surface area contributed by atoms with E-state index in [1.54, 1.807) is 4.90 Å². The fourth-order valence-corrected chi connectivity index (χ4v) is 5.02. The summed E-state index contributed by atoms with van der Waals surface area (Å²) in [6.07, 6.45) is 0.962. The van der Waals surface area contributed by atoms with Gasteiger partial charge < -0.3 is 19.5 Å². The highest BCUT2D eigenvalue weighted by Crippen LogP contribution is 2.36. The third-order valence-corrected chi connectivity index (χ3v) is 6.83. The molecule has 0 radical (unpaired) electrons. The molecule has 34 heavy (non-hydrogen) atoms. The van der Waals surface area contributed by atoms with Crippen LogP contribution in [0.25, 0.3) is 0 Å². The van der Waals surface area contributed by atoms with Crippen molar-refractivity contribution in [2.24, 2.45) is 4.99 Å².